The molecule has 0 saturated heterocycles. The lowest BCUT2D eigenvalue weighted by Gasteiger charge is -2.10. The summed E-state index contributed by atoms with van der Waals surface area (Å²) in [6.07, 6.45) is 0.544. The van der Waals surface area contributed by atoms with Gasteiger partial charge in [0, 0.05) is 18.5 Å². The molecule has 0 spiro atoms. The number of hydrogen-bond donors (Lipinski definition) is 1. The Labute approximate surface area is 151 Å². The smallest absolute Gasteiger partial charge is 0.286 e. The maximum Gasteiger partial charge on any atom is 0.286 e. The first-order chi connectivity index (χ1) is 11.5. The van der Waals surface area contributed by atoms with Crippen LogP contribution in [-0.2, 0) is 6.42 Å². The summed E-state index contributed by atoms with van der Waals surface area (Å²) in [6.45, 7) is 4.17. The Balaban J connectivity index is 0.00000312. The average molecular weight is 373 g/mol. The molecule has 0 aliphatic rings. The molecule has 1 heterocycles. The van der Waals surface area contributed by atoms with Gasteiger partial charge in [-0.2, -0.15) is 4.98 Å². The summed E-state index contributed by atoms with van der Waals surface area (Å²) >= 11 is 0. The van der Waals surface area contributed by atoms with E-state index in [0.29, 0.717) is 24.6 Å². The molecule has 1 aromatic heterocycles. The van der Waals surface area contributed by atoms with Crippen molar-refractivity contribution in [3.63, 3.8) is 0 Å². The van der Waals surface area contributed by atoms with Crippen LogP contribution in [0.25, 0.3) is 11.5 Å². The molecule has 0 aliphatic carbocycles. The normalized spacial score (nSPS) is 11.5. The van der Waals surface area contributed by atoms with Crippen LogP contribution in [0.2, 0.25) is 0 Å². The molecule has 138 valence electrons. The van der Waals surface area contributed by atoms with E-state index in [9.17, 15) is 10.1 Å². The highest BCUT2D eigenvalue weighted by Crippen LogP contribution is 2.39. The van der Waals surface area contributed by atoms with E-state index in [1.165, 1.54) is 19.2 Å². The minimum absolute atomic E-state index is 0. The summed E-state index contributed by atoms with van der Waals surface area (Å²) in [5.41, 5.74) is 0.00674. The topological polar surface area (TPSA) is 113 Å². The second-order valence-corrected chi connectivity index (χ2v) is 5.12. The quantitative estimate of drug-likeness (QED) is 0.555. The Morgan fingerprint density at radius 3 is 2.68 bits per heavy atom. The molecule has 1 aromatic carbocycles. The van der Waals surface area contributed by atoms with Crippen molar-refractivity contribution in [2.75, 3.05) is 20.8 Å². The molecular formula is C15H21ClN4O5. The van der Waals surface area contributed by atoms with Crippen LogP contribution in [0.1, 0.15) is 19.7 Å². The predicted octanol–water partition coefficient (Wildman–Crippen LogP) is 2.62. The van der Waals surface area contributed by atoms with Gasteiger partial charge >= 0.3 is 0 Å². The fourth-order valence-corrected chi connectivity index (χ4v) is 2.12. The van der Waals surface area contributed by atoms with Gasteiger partial charge in [0.15, 0.2) is 17.3 Å². The number of nitro groups is 1. The van der Waals surface area contributed by atoms with Crippen molar-refractivity contribution in [2.24, 2.45) is 0 Å². The Morgan fingerprint density at radius 2 is 2.12 bits per heavy atom. The van der Waals surface area contributed by atoms with Crippen molar-refractivity contribution in [3.05, 3.63) is 28.1 Å². The first kappa shape index (κ1) is 20.7. The number of rotatable bonds is 8. The van der Waals surface area contributed by atoms with E-state index in [-0.39, 0.29) is 41.3 Å². The van der Waals surface area contributed by atoms with Gasteiger partial charge in [0.2, 0.25) is 0 Å². The van der Waals surface area contributed by atoms with Crippen molar-refractivity contribution < 1.29 is 18.9 Å². The number of halogens is 1. The van der Waals surface area contributed by atoms with Crippen LogP contribution in [0.15, 0.2) is 16.7 Å². The number of benzene rings is 1. The lowest BCUT2D eigenvalue weighted by molar-refractivity contribution is -0.384. The van der Waals surface area contributed by atoms with Crippen molar-refractivity contribution in [2.45, 2.75) is 26.3 Å². The van der Waals surface area contributed by atoms with E-state index in [1.807, 2.05) is 20.9 Å². The van der Waals surface area contributed by atoms with Crippen molar-refractivity contribution in [3.8, 4) is 23.0 Å². The van der Waals surface area contributed by atoms with Crippen LogP contribution >= 0.6 is 12.4 Å². The van der Waals surface area contributed by atoms with Gasteiger partial charge in [0.25, 0.3) is 11.6 Å². The van der Waals surface area contributed by atoms with E-state index in [0.717, 1.165) is 0 Å². The Kier molecular flexibility index (Phi) is 7.59. The fourth-order valence-electron chi connectivity index (χ4n) is 2.12. The number of nitro benzene ring substituents is 1. The summed E-state index contributed by atoms with van der Waals surface area (Å²) in [4.78, 5) is 15.1. The van der Waals surface area contributed by atoms with Crippen molar-refractivity contribution >= 4 is 18.1 Å². The highest BCUT2D eigenvalue weighted by Gasteiger charge is 2.25. The molecule has 2 aromatic rings. The van der Waals surface area contributed by atoms with Gasteiger partial charge in [0.05, 0.1) is 24.7 Å². The van der Waals surface area contributed by atoms with E-state index in [1.54, 1.807) is 0 Å². The standard InChI is InChI=1S/C15H20N4O5.ClH/c1-5-23-13-7-10(11(19(20)21)8-12(13)22-4)15-17-14(18-24-15)6-9(2)16-3;/h7-9,16H,5-6H2,1-4H3;1H. The number of ether oxygens (including phenoxy) is 2. The Morgan fingerprint density at radius 1 is 1.40 bits per heavy atom. The molecular weight excluding hydrogens is 352 g/mol. The monoisotopic (exact) mass is 372 g/mol. The number of aromatic nitrogens is 2. The van der Waals surface area contributed by atoms with Gasteiger partial charge in [0.1, 0.15) is 5.56 Å². The van der Waals surface area contributed by atoms with E-state index in [2.05, 4.69) is 15.5 Å². The summed E-state index contributed by atoms with van der Waals surface area (Å²) in [5, 5.41) is 18.3. The van der Waals surface area contributed by atoms with Crippen LogP contribution in [-0.4, -0.2) is 41.9 Å². The van der Waals surface area contributed by atoms with E-state index >= 15 is 0 Å². The third-order valence-corrected chi connectivity index (χ3v) is 3.46. The number of likely N-dealkylation sites (N-methyl/N-ethyl adjacent to an activating group) is 1. The molecule has 1 N–H and O–H groups in total. The molecule has 0 fully saturated rings. The lowest BCUT2D eigenvalue weighted by atomic mass is 10.1. The second kappa shape index (κ2) is 9.19. The maximum atomic E-state index is 11.4. The van der Waals surface area contributed by atoms with E-state index < -0.39 is 4.92 Å². The van der Waals surface area contributed by atoms with Gasteiger partial charge in [-0.25, -0.2) is 0 Å². The fraction of sp³-hybridized carbons (Fsp3) is 0.467. The molecule has 9 nitrogen and oxygen atoms in total. The molecule has 0 radical (unpaired) electrons. The van der Waals surface area contributed by atoms with Gasteiger partial charge in [-0.1, -0.05) is 5.16 Å². The van der Waals surface area contributed by atoms with Crippen molar-refractivity contribution in [1.29, 1.82) is 0 Å². The largest absolute Gasteiger partial charge is 0.493 e. The third kappa shape index (κ3) is 4.80. The summed E-state index contributed by atoms with van der Waals surface area (Å²) in [5.74, 6) is 1.19. The first-order valence-corrected chi connectivity index (χ1v) is 7.49. The summed E-state index contributed by atoms with van der Waals surface area (Å²) < 4.78 is 15.8. The number of nitrogens with zero attached hydrogens (tertiary/aromatic N) is 3. The molecule has 0 amide bonds. The van der Waals surface area contributed by atoms with Gasteiger partial charge in [-0.15, -0.1) is 12.4 Å². The zero-order valence-corrected chi connectivity index (χ0v) is 15.3. The predicted molar refractivity (Wildman–Crippen MR) is 93.6 cm³/mol. The summed E-state index contributed by atoms with van der Waals surface area (Å²) in [6, 6.07) is 2.93. The first-order valence-electron chi connectivity index (χ1n) is 7.49. The number of nitrogens with one attached hydrogen (secondary N) is 1. The van der Waals surface area contributed by atoms with Crippen LogP contribution in [0, 0.1) is 10.1 Å². The summed E-state index contributed by atoms with van der Waals surface area (Å²) in [7, 11) is 3.25. The zero-order valence-electron chi connectivity index (χ0n) is 14.4. The maximum absolute atomic E-state index is 11.4. The van der Waals surface area contributed by atoms with Gasteiger partial charge in [-0.3, -0.25) is 10.1 Å². The zero-order chi connectivity index (χ0) is 17.7. The second-order valence-electron chi connectivity index (χ2n) is 5.12. The minimum Gasteiger partial charge on any atom is -0.493 e. The number of hydrogen-bond acceptors (Lipinski definition) is 8. The van der Waals surface area contributed by atoms with Crippen LogP contribution in [0.4, 0.5) is 5.69 Å². The SMILES string of the molecule is CCOc1cc(-c2nc(CC(C)NC)no2)c([N+](=O)[O-])cc1OC.Cl. The average Bonchev–Trinajstić information content (AvgIpc) is 3.02. The van der Waals surface area contributed by atoms with Crippen LogP contribution in [0.3, 0.4) is 0 Å². The Hall–Kier alpha value is -2.39. The van der Waals surface area contributed by atoms with Crippen LogP contribution in [0.5, 0.6) is 11.5 Å². The lowest BCUT2D eigenvalue weighted by Crippen LogP contribution is -2.24. The Bertz CT molecular complexity index is 722. The molecule has 0 saturated carbocycles. The molecule has 0 bridgehead atoms. The highest BCUT2D eigenvalue weighted by molar-refractivity contribution is 5.85. The minimum atomic E-state index is -0.520. The van der Waals surface area contributed by atoms with E-state index in [4.69, 9.17) is 14.0 Å². The molecule has 0 aliphatic heterocycles. The third-order valence-electron chi connectivity index (χ3n) is 3.46. The molecule has 1 atom stereocenters. The molecule has 10 heteroatoms. The highest BCUT2D eigenvalue weighted by atomic mass is 35.5. The molecule has 1 unspecified atom stereocenters. The molecule has 2 rings (SSSR count). The van der Waals surface area contributed by atoms with Crippen LogP contribution < -0.4 is 14.8 Å². The van der Waals surface area contributed by atoms with Gasteiger partial charge in [-0.05, 0) is 20.9 Å². The number of methoxy groups -OCH3 is 1. The molecule has 25 heavy (non-hydrogen) atoms. The van der Waals surface area contributed by atoms with Crippen molar-refractivity contribution in [1.82, 2.24) is 15.5 Å². The van der Waals surface area contributed by atoms with Gasteiger partial charge < -0.3 is 19.3 Å².